The lowest BCUT2D eigenvalue weighted by Gasteiger charge is -2.16. The van der Waals surface area contributed by atoms with Crippen LogP contribution in [0.25, 0.3) is 5.76 Å². The van der Waals surface area contributed by atoms with Crippen molar-refractivity contribution in [1.29, 1.82) is 0 Å². The first-order valence-electron chi connectivity index (χ1n) is 8.27. The second kappa shape index (κ2) is 7.67. The number of nitrogens with zero attached hydrogens (tertiary/aromatic N) is 4. The number of pyridine rings is 1. The SMILES string of the molecule is CNc1c(N)ncc(O/C(=C/N)c2cnc(N(C)C(=O)C3CC3)cn2)c1Cl. The molecule has 0 saturated heterocycles. The molecule has 5 N–H and O–H groups in total. The number of nitrogens with one attached hydrogen (secondary N) is 1. The third kappa shape index (κ3) is 3.87. The van der Waals surface area contributed by atoms with Crippen LogP contribution in [0.3, 0.4) is 0 Å². The average Bonchev–Trinajstić information content (AvgIpc) is 3.52. The molecule has 0 unspecified atom stereocenters. The van der Waals surface area contributed by atoms with E-state index in [0.29, 0.717) is 17.2 Å². The number of carbonyl (C=O) groups is 1. The van der Waals surface area contributed by atoms with Crippen molar-refractivity contribution < 1.29 is 9.53 Å². The molecule has 9 nitrogen and oxygen atoms in total. The third-order valence-corrected chi connectivity index (χ3v) is 4.50. The number of nitrogens with two attached hydrogens (primary N) is 2. The number of hydrogen-bond donors (Lipinski definition) is 3. The van der Waals surface area contributed by atoms with E-state index in [1.54, 1.807) is 14.1 Å². The topological polar surface area (TPSA) is 132 Å². The fourth-order valence-electron chi connectivity index (χ4n) is 2.42. The molecule has 2 aromatic heterocycles. The van der Waals surface area contributed by atoms with Gasteiger partial charge in [-0.1, -0.05) is 11.6 Å². The van der Waals surface area contributed by atoms with E-state index in [4.69, 9.17) is 27.8 Å². The summed E-state index contributed by atoms with van der Waals surface area (Å²) in [6.07, 6.45) is 7.45. The molecule has 2 heterocycles. The minimum absolute atomic E-state index is 0.0437. The van der Waals surface area contributed by atoms with Crippen molar-refractivity contribution in [3.8, 4) is 5.75 Å². The first-order valence-corrected chi connectivity index (χ1v) is 8.65. The van der Waals surface area contributed by atoms with Crippen molar-refractivity contribution in [2.45, 2.75) is 12.8 Å². The van der Waals surface area contributed by atoms with Gasteiger partial charge in [-0.2, -0.15) is 0 Å². The van der Waals surface area contributed by atoms with Crippen LogP contribution < -0.4 is 26.4 Å². The van der Waals surface area contributed by atoms with Crippen LogP contribution in [-0.4, -0.2) is 35.0 Å². The lowest BCUT2D eigenvalue weighted by atomic mass is 10.3. The quantitative estimate of drug-likeness (QED) is 0.637. The van der Waals surface area contributed by atoms with Crippen molar-refractivity contribution in [3.63, 3.8) is 0 Å². The third-order valence-electron chi connectivity index (χ3n) is 4.13. The zero-order valence-corrected chi connectivity index (χ0v) is 15.7. The molecule has 1 aliphatic rings. The van der Waals surface area contributed by atoms with Crippen LogP contribution in [0, 0.1) is 5.92 Å². The molecule has 1 fully saturated rings. The fourth-order valence-corrected chi connectivity index (χ4v) is 2.70. The number of halogens is 1. The summed E-state index contributed by atoms with van der Waals surface area (Å²) in [5.74, 6) is 1.35. The van der Waals surface area contributed by atoms with E-state index < -0.39 is 0 Å². The molecular formula is C17H20ClN7O2. The van der Waals surface area contributed by atoms with Crippen LogP contribution in [0.4, 0.5) is 17.3 Å². The van der Waals surface area contributed by atoms with Crippen molar-refractivity contribution in [2.75, 3.05) is 30.0 Å². The second-order valence-electron chi connectivity index (χ2n) is 6.01. The lowest BCUT2D eigenvalue weighted by molar-refractivity contribution is -0.119. The van der Waals surface area contributed by atoms with E-state index in [-0.39, 0.29) is 34.2 Å². The minimum Gasteiger partial charge on any atom is -0.450 e. The van der Waals surface area contributed by atoms with Gasteiger partial charge in [-0.05, 0) is 12.8 Å². The highest BCUT2D eigenvalue weighted by Gasteiger charge is 2.33. The van der Waals surface area contributed by atoms with Gasteiger partial charge in [0.2, 0.25) is 5.91 Å². The van der Waals surface area contributed by atoms with Gasteiger partial charge in [0.05, 0.1) is 24.3 Å². The summed E-state index contributed by atoms with van der Waals surface area (Å²) < 4.78 is 5.74. The minimum atomic E-state index is 0.0437. The first kappa shape index (κ1) is 18.7. The number of aromatic nitrogens is 3. The molecule has 0 atom stereocenters. The van der Waals surface area contributed by atoms with Crippen LogP contribution in [0.2, 0.25) is 5.02 Å². The van der Waals surface area contributed by atoms with Crippen molar-refractivity contribution in [3.05, 3.63) is 35.5 Å². The van der Waals surface area contributed by atoms with Crippen LogP contribution in [0.1, 0.15) is 18.5 Å². The number of amides is 1. The summed E-state index contributed by atoms with van der Waals surface area (Å²) in [6, 6.07) is 0. The molecule has 0 aromatic carbocycles. The van der Waals surface area contributed by atoms with Crippen molar-refractivity contribution in [2.24, 2.45) is 11.7 Å². The Morgan fingerprint density at radius 2 is 2.07 bits per heavy atom. The van der Waals surface area contributed by atoms with E-state index in [9.17, 15) is 4.79 Å². The zero-order chi connectivity index (χ0) is 19.6. The Morgan fingerprint density at radius 3 is 2.63 bits per heavy atom. The van der Waals surface area contributed by atoms with E-state index in [1.807, 2.05) is 0 Å². The molecule has 2 aromatic rings. The van der Waals surface area contributed by atoms with Crippen LogP contribution in [0.5, 0.6) is 5.75 Å². The van der Waals surface area contributed by atoms with Gasteiger partial charge in [0.15, 0.2) is 17.3 Å². The number of carbonyl (C=O) groups excluding carboxylic acids is 1. The molecule has 0 bridgehead atoms. The Kier molecular flexibility index (Phi) is 5.31. The Hall–Kier alpha value is -3.07. The standard InChI is InChI=1S/C17H20ClN7O2/c1-21-15-14(18)12(7-24-16(15)20)27-11(5-19)10-6-23-13(8-22-10)25(2)17(26)9-3-4-9/h5-9,21H,3-4,19H2,1-2H3,(H2,20,24)/b11-5+. The summed E-state index contributed by atoms with van der Waals surface area (Å²) >= 11 is 6.28. The van der Waals surface area contributed by atoms with Gasteiger partial charge in [0.25, 0.3) is 0 Å². The van der Waals surface area contributed by atoms with E-state index in [2.05, 4.69) is 20.3 Å². The smallest absolute Gasteiger partial charge is 0.231 e. The maximum absolute atomic E-state index is 12.1. The van der Waals surface area contributed by atoms with Crippen LogP contribution in [-0.2, 0) is 4.79 Å². The molecule has 1 aliphatic carbocycles. The first-order chi connectivity index (χ1) is 13.0. The molecule has 0 aliphatic heterocycles. The predicted octanol–water partition coefficient (Wildman–Crippen LogP) is 1.86. The Balaban J connectivity index is 1.79. The van der Waals surface area contributed by atoms with Crippen molar-refractivity contribution >= 4 is 40.6 Å². The highest BCUT2D eigenvalue weighted by Crippen LogP contribution is 2.36. The lowest BCUT2D eigenvalue weighted by Crippen LogP contribution is -2.28. The van der Waals surface area contributed by atoms with E-state index in [1.165, 1.54) is 29.7 Å². The monoisotopic (exact) mass is 389 g/mol. The van der Waals surface area contributed by atoms with Gasteiger partial charge < -0.3 is 21.5 Å². The molecule has 1 saturated carbocycles. The molecule has 142 valence electrons. The Bertz CT molecular complexity index is 882. The van der Waals surface area contributed by atoms with Crippen molar-refractivity contribution in [1.82, 2.24) is 15.0 Å². The van der Waals surface area contributed by atoms with Gasteiger partial charge in [0, 0.05) is 26.2 Å². The molecular weight excluding hydrogens is 370 g/mol. The number of rotatable bonds is 6. The second-order valence-corrected chi connectivity index (χ2v) is 6.39. The molecule has 0 spiro atoms. The normalized spacial score (nSPS) is 14.0. The molecule has 27 heavy (non-hydrogen) atoms. The van der Waals surface area contributed by atoms with Crippen LogP contribution in [0.15, 0.2) is 24.8 Å². The number of nitrogen functional groups attached to an aromatic ring is 1. The van der Waals surface area contributed by atoms with Crippen LogP contribution >= 0.6 is 11.6 Å². The van der Waals surface area contributed by atoms with Gasteiger partial charge in [0.1, 0.15) is 16.5 Å². The zero-order valence-electron chi connectivity index (χ0n) is 14.9. The highest BCUT2D eigenvalue weighted by molar-refractivity contribution is 6.35. The maximum atomic E-state index is 12.1. The fraction of sp³-hybridized carbons (Fsp3) is 0.294. The van der Waals surface area contributed by atoms with Gasteiger partial charge >= 0.3 is 0 Å². The van der Waals surface area contributed by atoms with E-state index in [0.717, 1.165) is 12.8 Å². The molecule has 3 rings (SSSR count). The summed E-state index contributed by atoms with van der Waals surface area (Å²) in [6.45, 7) is 0. The summed E-state index contributed by atoms with van der Waals surface area (Å²) in [7, 11) is 3.35. The maximum Gasteiger partial charge on any atom is 0.231 e. The number of ether oxygens (including phenoxy) is 1. The predicted molar refractivity (Wildman–Crippen MR) is 104 cm³/mol. The summed E-state index contributed by atoms with van der Waals surface area (Å²) in [5.41, 5.74) is 12.3. The molecule has 0 radical (unpaired) electrons. The number of anilines is 3. The van der Waals surface area contributed by atoms with E-state index >= 15 is 0 Å². The Morgan fingerprint density at radius 1 is 1.33 bits per heavy atom. The van der Waals surface area contributed by atoms with Gasteiger partial charge in [-0.25, -0.2) is 15.0 Å². The molecule has 1 amide bonds. The highest BCUT2D eigenvalue weighted by atomic mass is 35.5. The van der Waals surface area contributed by atoms with Gasteiger partial charge in [-0.15, -0.1) is 0 Å². The average molecular weight is 390 g/mol. The Labute approximate surface area is 161 Å². The molecule has 10 heteroatoms. The summed E-state index contributed by atoms with van der Waals surface area (Å²) in [4.78, 5) is 26.2. The number of hydrogen-bond acceptors (Lipinski definition) is 8. The van der Waals surface area contributed by atoms with Gasteiger partial charge in [-0.3, -0.25) is 9.69 Å². The summed E-state index contributed by atoms with van der Waals surface area (Å²) in [5, 5.41) is 3.13. The largest absolute Gasteiger partial charge is 0.450 e.